The van der Waals surface area contributed by atoms with E-state index in [0.29, 0.717) is 23.2 Å². The minimum Gasteiger partial charge on any atom is -0.450 e. The molecule has 0 spiro atoms. The van der Waals surface area contributed by atoms with Crippen LogP contribution in [0.3, 0.4) is 0 Å². The monoisotopic (exact) mass is 397 g/mol. The summed E-state index contributed by atoms with van der Waals surface area (Å²) >= 11 is 0. The lowest BCUT2D eigenvalue weighted by Crippen LogP contribution is -2.45. The Morgan fingerprint density at radius 3 is 2.48 bits per heavy atom. The third-order valence-electron chi connectivity index (χ3n) is 5.77. The lowest BCUT2D eigenvalue weighted by Gasteiger charge is -2.34. The van der Waals surface area contributed by atoms with Gasteiger partial charge in [0.15, 0.2) is 12.4 Å². The summed E-state index contributed by atoms with van der Waals surface area (Å²) < 4.78 is 10.7. The summed E-state index contributed by atoms with van der Waals surface area (Å²) in [6, 6.07) is 10.2. The molecule has 1 heterocycles. The molecule has 154 valence electrons. The molecule has 3 rings (SSSR count). The number of ketones is 1. The van der Waals surface area contributed by atoms with Crippen molar-refractivity contribution in [2.45, 2.75) is 46.1 Å². The molecule has 1 aromatic heterocycles. The quantitative estimate of drug-likeness (QED) is 0.582. The first kappa shape index (κ1) is 20.8. The Morgan fingerprint density at radius 1 is 1.07 bits per heavy atom. The van der Waals surface area contributed by atoms with Crippen LogP contribution in [-0.2, 0) is 9.53 Å². The number of benzene rings is 1. The van der Waals surface area contributed by atoms with Gasteiger partial charge in [0.1, 0.15) is 5.76 Å². The second kappa shape index (κ2) is 9.07. The molecule has 1 fully saturated rings. The van der Waals surface area contributed by atoms with E-state index in [1.807, 2.05) is 0 Å². The van der Waals surface area contributed by atoms with Gasteiger partial charge < -0.3 is 14.5 Å². The van der Waals surface area contributed by atoms with Gasteiger partial charge in [-0.3, -0.25) is 9.59 Å². The zero-order chi connectivity index (χ0) is 21.0. The number of carbonyl (C=O) groups excluding carboxylic acids is 3. The molecule has 6 nitrogen and oxygen atoms in total. The van der Waals surface area contributed by atoms with Crippen LogP contribution in [-0.4, -0.2) is 30.3 Å². The number of amides is 1. The molecule has 6 heteroatoms. The van der Waals surface area contributed by atoms with Gasteiger partial charge in [-0.25, -0.2) is 4.79 Å². The number of furan rings is 1. The minimum absolute atomic E-state index is 0.0179. The molecule has 0 saturated heterocycles. The standard InChI is InChI=1S/C23H27NO5/c1-14-5-4-6-19(15(14)2)24-22(26)13-28-23(27)21-12-11-20(29-21)18-9-7-17(8-10-18)16(3)25/h7-12,14-15,19H,4-6,13H2,1-3H3,(H,24,26)/t14-,15+,19-/m0/s1. The van der Waals surface area contributed by atoms with Gasteiger partial charge in [-0.2, -0.15) is 0 Å². The van der Waals surface area contributed by atoms with Gasteiger partial charge >= 0.3 is 5.97 Å². The van der Waals surface area contributed by atoms with Crippen LogP contribution >= 0.6 is 0 Å². The van der Waals surface area contributed by atoms with Gasteiger partial charge in [-0.1, -0.05) is 51.0 Å². The van der Waals surface area contributed by atoms with Crippen molar-refractivity contribution >= 4 is 17.7 Å². The first-order valence-electron chi connectivity index (χ1n) is 10.0. The van der Waals surface area contributed by atoms with Crippen molar-refractivity contribution in [2.24, 2.45) is 11.8 Å². The summed E-state index contributed by atoms with van der Waals surface area (Å²) in [4.78, 5) is 35.7. The Balaban J connectivity index is 1.53. The van der Waals surface area contributed by atoms with Crippen LogP contribution in [0.5, 0.6) is 0 Å². The van der Waals surface area contributed by atoms with Crippen LogP contribution < -0.4 is 5.32 Å². The zero-order valence-electron chi connectivity index (χ0n) is 17.1. The molecule has 0 unspecified atom stereocenters. The number of nitrogens with one attached hydrogen (secondary N) is 1. The van der Waals surface area contributed by atoms with E-state index in [1.54, 1.807) is 30.3 Å². The van der Waals surface area contributed by atoms with Gasteiger partial charge in [0.05, 0.1) is 0 Å². The van der Waals surface area contributed by atoms with Crippen molar-refractivity contribution in [3.63, 3.8) is 0 Å². The predicted molar refractivity (Wildman–Crippen MR) is 109 cm³/mol. The second-order valence-electron chi connectivity index (χ2n) is 7.81. The number of ether oxygens (including phenoxy) is 1. The molecule has 0 bridgehead atoms. The van der Waals surface area contributed by atoms with Crippen LogP contribution in [0, 0.1) is 11.8 Å². The maximum atomic E-state index is 12.2. The molecule has 1 saturated carbocycles. The molecule has 3 atom stereocenters. The Kier molecular flexibility index (Phi) is 6.52. The second-order valence-corrected chi connectivity index (χ2v) is 7.81. The summed E-state index contributed by atoms with van der Waals surface area (Å²) in [6.45, 7) is 5.51. The van der Waals surface area contributed by atoms with Gasteiger partial charge in [-0.05, 0) is 37.3 Å². The van der Waals surface area contributed by atoms with Crippen molar-refractivity contribution in [2.75, 3.05) is 6.61 Å². The van der Waals surface area contributed by atoms with E-state index in [0.717, 1.165) is 18.4 Å². The zero-order valence-corrected chi connectivity index (χ0v) is 17.1. The smallest absolute Gasteiger partial charge is 0.374 e. The average Bonchev–Trinajstić information content (AvgIpc) is 3.20. The molecular formula is C23H27NO5. The number of hydrogen-bond donors (Lipinski definition) is 1. The van der Waals surface area contributed by atoms with E-state index in [2.05, 4.69) is 19.2 Å². The van der Waals surface area contributed by atoms with E-state index >= 15 is 0 Å². The molecule has 1 N–H and O–H groups in total. The van der Waals surface area contributed by atoms with Crippen LogP contribution in [0.4, 0.5) is 0 Å². The lowest BCUT2D eigenvalue weighted by atomic mass is 9.78. The SMILES string of the molecule is CC(=O)c1ccc(-c2ccc(C(=O)OCC(=O)N[C@H]3CCC[C@H](C)[C@H]3C)o2)cc1. The fourth-order valence-electron chi connectivity index (χ4n) is 3.71. The molecule has 29 heavy (non-hydrogen) atoms. The number of hydrogen-bond acceptors (Lipinski definition) is 5. The highest BCUT2D eigenvalue weighted by molar-refractivity contribution is 5.94. The van der Waals surface area contributed by atoms with E-state index < -0.39 is 5.97 Å². The predicted octanol–water partition coefficient (Wildman–Crippen LogP) is 4.25. The summed E-state index contributed by atoms with van der Waals surface area (Å²) in [5.74, 6) is 0.501. The van der Waals surface area contributed by atoms with Crippen molar-refractivity contribution in [3.8, 4) is 11.3 Å². The Hall–Kier alpha value is -2.89. The maximum Gasteiger partial charge on any atom is 0.374 e. The largest absolute Gasteiger partial charge is 0.450 e. The highest BCUT2D eigenvalue weighted by Crippen LogP contribution is 2.29. The molecule has 2 aromatic rings. The normalized spacial score (nSPS) is 21.4. The average molecular weight is 397 g/mol. The van der Waals surface area contributed by atoms with Crippen molar-refractivity contribution in [3.05, 3.63) is 47.7 Å². The van der Waals surface area contributed by atoms with Gasteiger partial charge in [-0.15, -0.1) is 0 Å². The number of rotatable bonds is 6. The Bertz CT molecular complexity index is 883. The van der Waals surface area contributed by atoms with Gasteiger partial charge in [0.25, 0.3) is 5.91 Å². The molecule has 0 radical (unpaired) electrons. The fraction of sp³-hybridized carbons (Fsp3) is 0.435. The first-order valence-corrected chi connectivity index (χ1v) is 10.0. The fourth-order valence-corrected chi connectivity index (χ4v) is 3.71. The summed E-state index contributed by atoms with van der Waals surface area (Å²) in [7, 11) is 0. The third kappa shape index (κ3) is 5.13. The van der Waals surface area contributed by atoms with Crippen molar-refractivity contribution < 1.29 is 23.5 Å². The maximum absolute atomic E-state index is 12.2. The molecule has 1 aliphatic rings. The van der Waals surface area contributed by atoms with Crippen LogP contribution in [0.1, 0.15) is 60.9 Å². The van der Waals surface area contributed by atoms with E-state index in [9.17, 15) is 14.4 Å². The minimum atomic E-state index is -0.684. The number of carbonyl (C=O) groups is 3. The Labute approximate surface area is 170 Å². The molecular weight excluding hydrogens is 370 g/mol. The number of Topliss-reactive ketones (excluding diaryl/α,β-unsaturated/α-hetero) is 1. The third-order valence-corrected chi connectivity index (χ3v) is 5.77. The van der Waals surface area contributed by atoms with E-state index in [-0.39, 0.29) is 30.1 Å². The highest BCUT2D eigenvalue weighted by atomic mass is 16.5. The van der Waals surface area contributed by atoms with Gasteiger partial charge in [0, 0.05) is 17.2 Å². The van der Waals surface area contributed by atoms with Crippen LogP contribution in [0.2, 0.25) is 0 Å². The molecule has 0 aliphatic heterocycles. The van der Waals surface area contributed by atoms with Crippen molar-refractivity contribution in [1.29, 1.82) is 0 Å². The van der Waals surface area contributed by atoms with Crippen LogP contribution in [0.15, 0.2) is 40.8 Å². The number of esters is 1. The topological polar surface area (TPSA) is 85.6 Å². The van der Waals surface area contributed by atoms with Crippen LogP contribution in [0.25, 0.3) is 11.3 Å². The molecule has 1 aromatic carbocycles. The molecule has 1 amide bonds. The summed E-state index contributed by atoms with van der Waals surface area (Å²) in [5.41, 5.74) is 1.35. The Morgan fingerprint density at radius 2 is 1.79 bits per heavy atom. The summed E-state index contributed by atoms with van der Waals surface area (Å²) in [6.07, 6.45) is 3.23. The van der Waals surface area contributed by atoms with E-state index in [4.69, 9.17) is 9.15 Å². The first-order chi connectivity index (χ1) is 13.8. The van der Waals surface area contributed by atoms with Gasteiger partial charge in [0.2, 0.25) is 5.76 Å². The summed E-state index contributed by atoms with van der Waals surface area (Å²) in [5, 5.41) is 2.98. The van der Waals surface area contributed by atoms with E-state index in [1.165, 1.54) is 19.4 Å². The van der Waals surface area contributed by atoms with Crippen molar-refractivity contribution in [1.82, 2.24) is 5.32 Å². The highest BCUT2D eigenvalue weighted by Gasteiger charge is 2.28. The lowest BCUT2D eigenvalue weighted by molar-refractivity contribution is -0.125. The molecule has 1 aliphatic carbocycles.